The van der Waals surface area contributed by atoms with Crippen molar-refractivity contribution in [1.82, 2.24) is 4.31 Å². The summed E-state index contributed by atoms with van der Waals surface area (Å²) < 4.78 is 26.3. The summed E-state index contributed by atoms with van der Waals surface area (Å²) in [6, 6.07) is 4.90. The Bertz CT molecular complexity index is 512. The van der Waals surface area contributed by atoms with Gasteiger partial charge in [-0.25, -0.2) is 8.42 Å². The molecule has 1 fully saturated rings. The highest BCUT2D eigenvalue weighted by Crippen LogP contribution is 2.33. The van der Waals surface area contributed by atoms with Gasteiger partial charge in [0, 0.05) is 23.2 Å². The Morgan fingerprint density at radius 3 is 2.56 bits per heavy atom. The van der Waals surface area contributed by atoms with Gasteiger partial charge in [-0.2, -0.15) is 4.31 Å². The van der Waals surface area contributed by atoms with Crippen LogP contribution in [-0.2, 0) is 10.0 Å². The van der Waals surface area contributed by atoms with Gasteiger partial charge in [0.15, 0.2) is 0 Å². The van der Waals surface area contributed by atoms with Crippen LogP contribution in [0.4, 0.5) is 5.69 Å². The van der Waals surface area contributed by atoms with Crippen LogP contribution in [0.15, 0.2) is 27.6 Å². The number of benzene rings is 1. The highest BCUT2D eigenvalue weighted by atomic mass is 79.9. The number of anilines is 1. The van der Waals surface area contributed by atoms with Crippen molar-refractivity contribution in [3.8, 4) is 0 Å². The number of halogens is 1. The number of nitrogens with two attached hydrogens (primary N) is 1. The SMILES string of the molecule is CN(C1CC1)S(=O)(=O)c1ccc(N)cc1Br. The van der Waals surface area contributed by atoms with E-state index in [9.17, 15) is 8.42 Å². The molecule has 4 nitrogen and oxygen atoms in total. The lowest BCUT2D eigenvalue weighted by Crippen LogP contribution is -2.29. The minimum Gasteiger partial charge on any atom is -0.399 e. The first-order chi connectivity index (χ1) is 7.43. The molecule has 0 heterocycles. The van der Waals surface area contributed by atoms with Gasteiger partial charge in [-0.05, 0) is 47.0 Å². The van der Waals surface area contributed by atoms with Crippen molar-refractivity contribution in [2.75, 3.05) is 12.8 Å². The molecule has 88 valence electrons. The summed E-state index contributed by atoms with van der Waals surface area (Å²) in [6.07, 6.45) is 1.89. The predicted octanol–water partition coefficient (Wildman–Crippen LogP) is 1.81. The minimum atomic E-state index is -3.39. The summed E-state index contributed by atoms with van der Waals surface area (Å²) in [7, 11) is -1.77. The van der Waals surface area contributed by atoms with E-state index in [1.54, 1.807) is 19.2 Å². The maximum Gasteiger partial charge on any atom is 0.244 e. The molecule has 0 bridgehead atoms. The van der Waals surface area contributed by atoms with E-state index in [1.807, 2.05) is 0 Å². The standard InChI is InChI=1S/C10H13BrN2O2S/c1-13(8-3-4-8)16(14,15)10-5-2-7(12)6-9(10)11/h2,5-6,8H,3-4,12H2,1H3. The first kappa shape index (κ1) is 11.9. The van der Waals surface area contributed by atoms with Gasteiger partial charge in [-0.3, -0.25) is 0 Å². The van der Waals surface area contributed by atoms with Crippen LogP contribution in [0.25, 0.3) is 0 Å². The Hall–Kier alpha value is -0.590. The lowest BCUT2D eigenvalue weighted by Gasteiger charge is -2.17. The van der Waals surface area contributed by atoms with Crippen LogP contribution in [0.3, 0.4) is 0 Å². The molecule has 0 saturated heterocycles. The second-order valence-corrected chi connectivity index (χ2v) is 6.76. The third-order valence-corrected chi connectivity index (χ3v) is 5.56. The number of sulfonamides is 1. The Balaban J connectivity index is 2.42. The highest BCUT2D eigenvalue weighted by molar-refractivity contribution is 9.10. The third kappa shape index (κ3) is 2.09. The Morgan fingerprint density at radius 1 is 1.44 bits per heavy atom. The molecule has 0 aromatic heterocycles. The molecule has 2 N–H and O–H groups in total. The first-order valence-corrected chi connectivity index (χ1v) is 7.19. The molecular weight excluding hydrogens is 292 g/mol. The normalized spacial score (nSPS) is 16.7. The molecule has 0 spiro atoms. The molecule has 0 amide bonds. The quantitative estimate of drug-likeness (QED) is 0.866. The molecule has 2 rings (SSSR count). The van der Waals surface area contributed by atoms with E-state index >= 15 is 0 Å². The van der Waals surface area contributed by atoms with Gasteiger partial charge in [0.2, 0.25) is 10.0 Å². The second-order valence-electron chi connectivity index (χ2n) is 3.94. The largest absolute Gasteiger partial charge is 0.399 e. The van der Waals surface area contributed by atoms with Gasteiger partial charge in [0.1, 0.15) is 0 Å². The van der Waals surface area contributed by atoms with Crippen molar-refractivity contribution < 1.29 is 8.42 Å². The van der Waals surface area contributed by atoms with Gasteiger partial charge < -0.3 is 5.73 Å². The van der Waals surface area contributed by atoms with Gasteiger partial charge >= 0.3 is 0 Å². The Kier molecular flexibility index (Phi) is 2.98. The zero-order valence-electron chi connectivity index (χ0n) is 8.85. The van der Waals surface area contributed by atoms with E-state index in [0.717, 1.165) is 12.8 Å². The first-order valence-electron chi connectivity index (χ1n) is 4.96. The fourth-order valence-electron chi connectivity index (χ4n) is 1.52. The molecule has 0 unspecified atom stereocenters. The van der Waals surface area contributed by atoms with Crippen LogP contribution < -0.4 is 5.73 Å². The summed E-state index contributed by atoms with van der Waals surface area (Å²) in [5.41, 5.74) is 6.12. The lowest BCUT2D eigenvalue weighted by molar-refractivity contribution is 0.464. The van der Waals surface area contributed by atoms with Crippen molar-refractivity contribution >= 4 is 31.6 Å². The molecule has 16 heavy (non-hydrogen) atoms. The van der Waals surface area contributed by atoms with E-state index < -0.39 is 10.0 Å². The van der Waals surface area contributed by atoms with E-state index in [1.165, 1.54) is 10.4 Å². The molecule has 0 atom stereocenters. The highest BCUT2D eigenvalue weighted by Gasteiger charge is 2.35. The number of hydrogen-bond donors (Lipinski definition) is 1. The van der Waals surface area contributed by atoms with Crippen molar-refractivity contribution in [2.24, 2.45) is 0 Å². The van der Waals surface area contributed by atoms with Crippen LogP contribution in [0.1, 0.15) is 12.8 Å². The van der Waals surface area contributed by atoms with Gasteiger partial charge in [0.05, 0.1) is 4.90 Å². The smallest absolute Gasteiger partial charge is 0.244 e. The van der Waals surface area contributed by atoms with Crippen LogP contribution in [0.2, 0.25) is 0 Å². The maximum absolute atomic E-state index is 12.2. The Morgan fingerprint density at radius 2 is 2.06 bits per heavy atom. The van der Waals surface area contributed by atoms with Gasteiger partial charge in [0.25, 0.3) is 0 Å². The maximum atomic E-state index is 12.2. The Labute approximate surface area is 104 Å². The minimum absolute atomic E-state index is 0.162. The van der Waals surface area contributed by atoms with E-state index in [0.29, 0.717) is 10.2 Å². The number of nitrogens with zero attached hydrogens (tertiary/aromatic N) is 1. The number of hydrogen-bond acceptors (Lipinski definition) is 3. The second kappa shape index (κ2) is 4.01. The van der Waals surface area contributed by atoms with Crippen LogP contribution in [0, 0.1) is 0 Å². The molecule has 1 aromatic carbocycles. The zero-order chi connectivity index (χ0) is 11.9. The third-order valence-electron chi connectivity index (χ3n) is 2.67. The molecule has 1 aliphatic carbocycles. The van der Waals surface area contributed by atoms with E-state index in [-0.39, 0.29) is 10.9 Å². The van der Waals surface area contributed by atoms with E-state index in [2.05, 4.69) is 15.9 Å². The molecule has 6 heteroatoms. The number of rotatable bonds is 3. The van der Waals surface area contributed by atoms with E-state index in [4.69, 9.17) is 5.73 Å². The topological polar surface area (TPSA) is 63.4 Å². The van der Waals surface area contributed by atoms with Crippen LogP contribution in [-0.4, -0.2) is 25.8 Å². The van der Waals surface area contributed by atoms with Crippen molar-refractivity contribution in [3.05, 3.63) is 22.7 Å². The average molecular weight is 305 g/mol. The fourth-order valence-corrected chi connectivity index (χ4v) is 3.98. The summed E-state index contributed by atoms with van der Waals surface area (Å²) in [6.45, 7) is 0. The van der Waals surface area contributed by atoms with Crippen molar-refractivity contribution in [3.63, 3.8) is 0 Å². The van der Waals surface area contributed by atoms with Gasteiger partial charge in [-0.15, -0.1) is 0 Å². The number of nitrogen functional groups attached to an aromatic ring is 1. The van der Waals surface area contributed by atoms with Crippen LogP contribution >= 0.6 is 15.9 Å². The van der Waals surface area contributed by atoms with Crippen molar-refractivity contribution in [1.29, 1.82) is 0 Å². The molecule has 1 aromatic rings. The van der Waals surface area contributed by atoms with Crippen molar-refractivity contribution in [2.45, 2.75) is 23.8 Å². The fraction of sp³-hybridized carbons (Fsp3) is 0.400. The summed E-state index contributed by atoms with van der Waals surface area (Å²) in [5.74, 6) is 0. The van der Waals surface area contributed by atoms with Gasteiger partial charge in [-0.1, -0.05) is 0 Å². The molecule has 0 aliphatic heterocycles. The summed E-state index contributed by atoms with van der Waals surface area (Å²) in [4.78, 5) is 0.274. The summed E-state index contributed by atoms with van der Waals surface area (Å²) >= 11 is 3.23. The van der Waals surface area contributed by atoms with Crippen LogP contribution in [0.5, 0.6) is 0 Å². The predicted molar refractivity (Wildman–Crippen MR) is 66.5 cm³/mol. The lowest BCUT2D eigenvalue weighted by atomic mass is 10.3. The average Bonchev–Trinajstić information content (AvgIpc) is 2.98. The monoisotopic (exact) mass is 304 g/mol. The zero-order valence-corrected chi connectivity index (χ0v) is 11.3. The molecular formula is C10H13BrN2O2S. The summed E-state index contributed by atoms with van der Waals surface area (Å²) in [5, 5.41) is 0. The molecule has 1 saturated carbocycles. The molecule has 1 aliphatic rings. The molecule has 0 radical (unpaired) electrons.